The predicted molar refractivity (Wildman–Crippen MR) is 65.4 cm³/mol. The maximum absolute atomic E-state index is 5.88. The Hall–Kier alpha value is -1.25. The number of hydrogen-bond acceptors (Lipinski definition) is 3. The summed E-state index contributed by atoms with van der Waals surface area (Å²) in [5.41, 5.74) is 7.60. The van der Waals surface area contributed by atoms with Crippen molar-refractivity contribution < 1.29 is 4.74 Å². The average Bonchev–Trinajstić information content (AvgIpc) is 2.25. The molecule has 1 saturated carbocycles. The van der Waals surface area contributed by atoms with Crippen LogP contribution in [0.1, 0.15) is 38.2 Å². The second kappa shape index (κ2) is 4.73. The fourth-order valence-electron chi connectivity index (χ4n) is 2.18. The van der Waals surface area contributed by atoms with E-state index in [-0.39, 0.29) is 0 Å². The summed E-state index contributed by atoms with van der Waals surface area (Å²) in [6, 6.07) is 1.91. The third-order valence-corrected chi connectivity index (χ3v) is 3.26. The topological polar surface area (TPSA) is 48.1 Å². The zero-order valence-corrected chi connectivity index (χ0v) is 10.1. The molecule has 3 nitrogen and oxygen atoms in total. The minimum Gasteiger partial charge on any atom is -0.473 e. The lowest BCUT2D eigenvalue weighted by Crippen LogP contribution is -2.23. The number of nitrogen functional groups attached to an aromatic ring is 1. The van der Waals surface area contributed by atoms with E-state index in [4.69, 9.17) is 10.5 Å². The van der Waals surface area contributed by atoms with E-state index in [1.165, 1.54) is 12.8 Å². The summed E-state index contributed by atoms with van der Waals surface area (Å²) in [6.07, 6.45) is 6.84. The zero-order valence-electron chi connectivity index (χ0n) is 10.1. The molecule has 0 bridgehead atoms. The number of anilines is 1. The monoisotopic (exact) mass is 220 g/mol. The molecule has 0 radical (unpaired) electrons. The van der Waals surface area contributed by atoms with Crippen LogP contribution in [0.25, 0.3) is 0 Å². The quantitative estimate of drug-likeness (QED) is 0.833. The summed E-state index contributed by atoms with van der Waals surface area (Å²) in [4.78, 5) is 4.24. The third kappa shape index (κ3) is 2.65. The Morgan fingerprint density at radius 1 is 1.31 bits per heavy atom. The highest BCUT2D eigenvalue weighted by Gasteiger charge is 2.20. The summed E-state index contributed by atoms with van der Waals surface area (Å²) in [5.74, 6) is 1.44. The maximum Gasteiger partial charge on any atom is 0.237 e. The van der Waals surface area contributed by atoms with Crippen molar-refractivity contribution in [2.45, 2.75) is 45.6 Å². The first-order valence-electron chi connectivity index (χ1n) is 6.04. The molecule has 0 atom stereocenters. The number of pyridine rings is 1. The van der Waals surface area contributed by atoms with Crippen molar-refractivity contribution in [2.24, 2.45) is 5.92 Å². The Kier molecular flexibility index (Phi) is 3.32. The first-order valence-corrected chi connectivity index (χ1v) is 6.04. The van der Waals surface area contributed by atoms with Gasteiger partial charge >= 0.3 is 0 Å². The van der Waals surface area contributed by atoms with Crippen LogP contribution in [0.15, 0.2) is 12.3 Å². The van der Waals surface area contributed by atoms with E-state index in [1.807, 2.05) is 13.0 Å². The normalized spacial score (nSPS) is 25.4. The summed E-state index contributed by atoms with van der Waals surface area (Å²) in [6.45, 7) is 4.28. The first-order chi connectivity index (χ1) is 7.65. The molecule has 0 aromatic carbocycles. The summed E-state index contributed by atoms with van der Waals surface area (Å²) >= 11 is 0. The van der Waals surface area contributed by atoms with Crippen molar-refractivity contribution in [3.8, 4) is 5.88 Å². The van der Waals surface area contributed by atoms with Gasteiger partial charge in [-0.15, -0.1) is 0 Å². The van der Waals surface area contributed by atoms with Crippen LogP contribution in [0, 0.1) is 12.8 Å². The highest BCUT2D eigenvalue weighted by atomic mass is 16.5. The minimum absolute atomic E-state index is 0.300. The van der Waals surface area contributed by atoms with Gasteiger partial charge in [0.05, 0.1) is 5.69 Å². The third-order valence-electron chi connectivity index (χ3n) is 3.26. The van der Waals surface area contributed by atoms with Crippen LogP contribution in [0.4, 0.5) is 5.69 Å². The van der Waals surface area contributed by atoms with Crippen LogP contribution in [-0.2, 0) is 0 Å². The Morgan fingerprint density at radius 2 is 2.00 bits per heavy atom. The molecule has 0 saturated heterocycles. The molecule has 1 fully saturated rings. The van der Waals surface area contributed by atoms with Crippen LogP contribution in [0.5, 0.6) is 5.88 Å². The van der Waals surface area contributed by atoms with E-state index in [1.54, 1.807) is 6.20 Å². The van der Waals surface area contributed by atoms with Gasteiger partial charge in [0.1, 0.15) is 6.10 Å². The summed E-state index contributed by atoms with van der Waals surface area (Å²) < 4.78 is 5.85. The van der Waals surface area contributed by atoms with Gasteiger partial charge in [-0.05, 0) is 50.2 Å². The molecule has 0 amide bonds. The molecule has 0 unspecified atom stereocenters. The van der Waals surface area contributed by atoms with Gasteiger partial charge in [0.15, 0.2) is 0 Å². The van der Waals surface area contributed by atoms with Gasteiger partial charge in [0.25, 0.3) is 0 Å². The lowest BCUT2D eigenvalue weighted by atomic mass is 9.89. The van der Waals surface area contributed by atoms with Gasteiger partial charge in [-0.3, -0.25) is 0 Å². The average molecular weight is 220 g/mol. The maximum atomic E-state index is 5.88. The van der Waals surface area contributed by atoms with Crippen LogP contribution in [0.2, 0.25) is 0 Å². The van der Waals surface area contributed by atoms with Crippen molar-refractivity contribution in [3.05, 3.63) is 17.8 Å². The largest absolute Gasteiger partial charge is 0.473 e. The number of nitrogens with zero attached hydrogens (tertiary/aromatic N) is 1. The molecule has 16 heavy (non-hydrogen) atoms. The van der Waals surface area contributed by atoms with Crippen LogP contribution >= 0.6 is 0 Å². The number of hydrogen-bond donors (Lipinski definition) is 1. The van der Waals surface area contributed by atoms with E-state index >= 15 is 0 Å². The fraction of sp³-hybridized carbons (Fsp3) is 0.615. The van der Waals surface area contributed by atoms with Crippen molar-refractivity contribution >= 4 is 5.69 Å². The fourth-order valence-corrected chi connectivity index (χ4v) is 2.18. The van der Waals surface area contributed by atoms with E-state index in [0.717, 1.165) is 24.3 Å². The number of nitrogens with two attached hydrogens (primary N) is 1. The lowest BCUT2D eigenvalue weighted by Gasteiger charge is -2.26. The molecule has 1 aromatic rings. The number of rotatable bonds is 2. The highest BCUT2D eigenvalue weighted by Crippen LogP contribution is 2.28. The number of ether oxygens (including phenoxy) is 1. The second-order valence-corrected chi connectivity index (χ2v) is 4.91. The van der Waals surface area contributed by atoms with E-state index in [2.05, 4.69) is 11.9 Å². The summed E-state index contributed by atoms with van der Waals surface area (Å²) in [7, 11) is 0. The molecule has 1 aromatic heterocycles. The SMILES string of the molecule is Cc1cnc(OC2CCC(C)CC2)c(N)c1. The van der Waals surface area contributed by atoms with Crippen molar-refractivity contribution in [1.82, 2.24) is 4.98 Å². The van der Waals surface area contributed by atoms with Crippen molar-refractivity contribution in [2.75, 3.05) is 5.73 Å². The van der Waals surface area contributed by atoms with Gasteiger partial charge in [0, 0.05) is 6.20 Å². The van der Waals surface area contributed by atoms with Crippen LogP contribution in [-0.4, -0.2) is 11.1 Å². The Balaban J connectivity index is 1.98. The molecule has 0 aliphatic heterocycles. The van der Waals surface area contributed by atoms with E-state index in [0.29, 0.717) is 17.7 Å². The molecule has 1 aliphatic carbocycles. The smallest absolute Gasteiger partial charge is 0.237 e. The van der Waals surface area contributed by atoms with Gasteiger partial charge in [-0.1, -0.05) is 6.92 Å². The van der Waals surface area contributed by atoms with Crippen molar-refractivity contribution in [3.63, 3.8) is 0 Å². The van der Waals surface area contributed by atoms with E-state index in [9.17, 15) is 0 Å². The summed E-state index contributed by atoms with van der Waals surface area (Å²) in [5, 5.41) is 0. The predicted octanol–water partition coefficient (Wildman–Crippen LogP) is 2.93. The van der Waals surface area contributed by atoms with E-state index < -0.39 is 0 Å². The van der Waals surface area contributed by atoms with Crippen LogP contribution in [0.3, 0.4) is 0 Å². The Bertz CT molecular complexity index is 357. The molecule has 1 heterocycles. The Labute approximate surface area is 97.0 Å². The minimum atomic E-state index is 0.300. The number of aromatic nitrogens is 1. The number of aryl methyl sites for hydroxylation is 1. The molecule has 88 valence electrons. The molecule has 1 aliphatic rings. The van der Waals surface area contributed by atoms with Gasteiger partial charge in [0.2, 0.25) is 5.88 Å². The van der Waals surface area contributed by atoms with Gasteiger partial charge in [-0.25, -0.2) is 4.98 Å². The van der Waals surface area contributed by atoms with Gasteiger partial charge < -0.3 is 10.5 Å². The molecule has 0 spiro atoms. The standard InChI is InChI=1S/C13H20N2O/c1-9-3-5-11(6-4-9)16-13-12(14)7-10(2)8-15-13/h7-9,11H,3-6,14H2,1-2H3. The molecule has 3 heteroatoms. The van der Waals surface area contributed by atoms with Gasteiger partial charge in [-0.2, -0.15) is 0 Å². The Morgan fingerprint density at radius 3 is 2.62 bits per heavy atom. The highest BCUT2D eigenvalue weighted by molar-refractivity contribution is 5.49. The second-order valence-electron chi connectivity index (χ2n) is 4.91. The lowest BCUT2D eigenvalue weighted by molar-refractivity contribution is 0.131. The molecule has 2 N–H and O–H groups in total. The molecular weight excluding hydrogens is 200 g/mol. The molecular formula is C13H20N2O. The van der Waals surface area contributed by atoms with Crippen LogP contribution < -0.4 is 10.5 Å². The molecule has 2 rings (SSSR count). The zero-order chi connectivity index (χ0) is 11.5. The van der Waals surface area contributed by atoms with Crippen molar-refractivity contribution in [1.29, 1.82) is 0 Å². The first kappa shape index (κ1) is 11.2.